The van der Waals surface area contributed by atoms with Crippen molar-refractivity contribution < 1.29 is 0 Å². The molecule has 0 bridgehead atoms. The lowest BCUT2D eigenvalue weighted by molar-refractivity contribution is 1.08. The van der Waals surface area contributed by atoms with Gasteiger partial charge in [-0.05, 0) is 18.6 Å². The number of aromatic nitrogens is 2. The third kappa shape index (κ3) is 2.12. The largest absolute Gasteiger partial charge is 0.264 e. The van der Waals surface area contributed by atoms with Gasteiger partial charge in [0, 0.05) is 29.9 Å². The van der Waals surface area contributed by atoms with Crippen LogP contribution in [0.3, 0.4) is 0 Å². The zero-order valence-electron chi connectivity index (χ0n) is 7.40. The van der Waals surface area contributed by atoms with Crippen LogP contribution in [0.5, 0.6) is 0 Å². The molecule has 0 saturated carbocycles. The predicted molar refractivity (Wildman–Crippen MR) is 53.9 cm³/mol. The summed E-state index contributed by atoms with van der Waals surface area (Å²) in [4.78, 5) is 8.46. The fourth-order valence-corrected chi connectivity index (χ4v) is 1.97. The van der Waals surface area contributed by atoms with Crippen molar-refractivity contribution in [2.24, 2.45) is 0 Å². The molecule has 0 saturated heterocycles. The molecular formula is C10H10N2S. The maximum absolute atomic E-state index is 4.40. The predicted octanol–water partition coefficient (Wildman–Crippen LogP) is 2.44. The molecule has 2 nitrogen and oxygen atoms in total. The molecule has 2 aromatic heterocycles. The molecular weight excluding hydrogens is 180 g/mol. The summed E-state index contributed by atoms with van der Waals surface area (Å²) in [7, 11) is 0. The SMILES string of the molecule is Cc1csc(Cc2cccnc2)n1. The van der Waals surface area contributed by atoms with Crippen molar-refractivity contribution in [2.75, 3.05) is 0 Å². The average molecular weight is 190 g/mol. The maximum atomic E-state index is 4.40. The first-order chi connectivity index (χ1) is 6.34. The van der Waals surface area contributed by atoms with Gasteiger partial charge in [0.15, 0.2) is 0 Å². The van der Waals surface area contributed by atoms with Crippen LogP contribution in [0.1, 0.15) is 16.3 Å². The first-order valence-corrected chi connectivity index (χ1v) is 5.02. The second-order valence-corrected chi connectivity index (χ2v) is 3.86. The Hall–Kier alpha value is -1.22. The van der Waals surface area contributed by atoms with E-state index in [2.05, 4.69) is 21.4 Å². The molecule has 13 heavy (non-hydrogen) atoms. The van der Waals surface area contributed by atoms with E-state index in [9.17, 15) is 0 Å². The van der Waals surface area contributed by atoms with E-state index >= 15 is 0 Å². The van der Waals surface area contributed by atoms with Gasteiger partial charge in [-0.3, -0.25) is 4.98 Å². The van der Waals surface area contributed by atoms with Gasteiger partial charge in [0.2, 0.25) is 0 Å². The van der Waals surface area contributed by atoms with Crippen LogP contribution < -0.4 is 0 Å². The third-order valence-corrected chi connectivity index (χ3v) is 2.71. The minimum atomic E-state index is 0.895. The summed E-state index contributed by atoms with van der Waals surface area (Å²) in [6.45, 7) is 2.02. The van der Waals surface area contributed by atoms with E-state index in [4.69, 9.17) is 0 Å². The fraction of sp³-hybridized carbons (Fsp3) is 0.200. The lowest BCUT2D eigenvalue weighted by atomic mass is 10.2. The highest BCUT2D eigenvalue weighted by Crippen LogP contribution is 2.13. The van der Waals surface area contributed by atoms with Crippen LogP contribution in [0.25, 0.3) is 0 Å². The molecule has 0 unspecified atom stereocenters. The number of aryl methyl sites for hydroxylation is 1. The third-order valence-electron chi connectivity index (χ3n) is 1.74. The summed E-state index contributed by atoms with van der Waals surface area (Å²) < 4.78 is 0. The van der Waals surface area contributed by atoms with Gasteiger partial charge in [0.1, 0.15) is 0 Å². The quantitative estimate of drug-likeness (QED) is 0.727. The minimum Gasteiger partial charge on any atom is -0.264 e. The van der Waals surface area contributed by atoms with Gasteiger partial charge >= 0.3 is 0 Å². The molecule has 3 heteroatoms. The Balaban J connectivity index is 2.15. The highest BCUT2D eigenvalue weighted by molar-refractivity contribution is 7.09. The Labute approximate surface area is 81.3 Å². The van der Waals surface area contributed by atoms with E-state index in [1.807, 2.05) is 19.2 Å². The van der Waals surface area contributed by atoms with Crippen molar-refractivity contribution in [1.29, 1.82) is 0 Å². The Morgan fingerprint density at radius 1 is 1.46 bits per heavy atom. The highest BCUT2D eigenvalue weighted by Gasteiger charge is 1.99. The summed E-state index contributed by atoms with van der Waals surface area (Å²) in [5.74, 6) is 0. The number of pyridine rings is 1. The van der Waals surface area contributed by atoms with Crippen LogP contribution >= 0.6 is 11.3 Å². The number of rotatable bonds is 2. The molecule has 0 fully saturated rings. The van der Waals surface area contributed by atoms with Crippen LogP contribution in [-0.4, -0.2) is 9.97 Å². The second kappa shape index (κ2) is 3.66. The Morgan fingerprint density at radius 3 is 3.00 bits per heavy atom. The number of thiazole rings is 1. The van der Waals surface area contributed by atoms with Crippen LogP contribution in [-0.2, 0) is 6.42 Å². The molecule has 0 N–H and O–H groups in total. The molecule has 0 atom stereocenters. The van der Waals surface area contributed by atoms with E-state index in [1.165, 1.54) is 5.56 Å². The van der Waals surface area contributed by atoms with Gasteiger partial charge < -0.3 is 0 Å². The first-order valence-electron chi connectivity index (χ1n) is 4.14. The van der Waals surface area contributed by atoms with Crippen molar-refractivity contribution in [3.8, 4) is 0 Å². The molecule has 0 amide bonds. The normalized spacial score (nSPS) is 10.2. The minimum absolute atomic E-state index is 0.895. The summed E-state index contributed by atoms with van der Waals surface area (Å²) in [6.07, 6.45) is 4.57. The van der Waals surface area contributed by atoms with E-state index < -0.39 is 0 Å². The van der Waals surface area contributed by atoms with Gasteiger partial charge in [0.25, 0.3) is 0 Å². The molecule has 0 aliphatic carbocycles. The molecule has 0 radical (unpaired) electrons. The molecule has 0 aliphatic rings. The Bertz CT molecular complexity index is 381. The lowest BCUT2D eigenvalue weighted by Gasteiger charge is -1.94. The first kappa shape index (κ1) is 8.38. The average Bonchev–Trinajstić information content (AvgIpc) is 2.53. The van der Waals surface area contributed by atoms with E-state index in [0.717, 1.165) is 17.1 Å². The Kier molecular flexibility index (Phi) is 2.36. The van der Waals surface area contributed by atoms with Crippen molar-refractivity contribution in [2.45, 2.75) is 13.3 Å². The van der Waals surface area contributed by atoms with Crippen molar-refractivity contribution >= 4 is 11.3 Å². The van der Waals surface area contributed by atoms with Gasteiger partial charge in [-0.2, -0.15) is 0 Å². The number of hydrogen-bond donors (Lipinski definition) is 0. The Morgan fingerprint density at radius 2 is 2.38 bits per heavy atom. The molecule has 2 heterocycles. The highest BCUT2D eigenvalue weighted by atomic mass is 32.1. The second-order valence-electron chi connectivity index (χ2n) is 2.92. The zero-order chi connectivity index (χ0) is 9.10. The lowest BCUT2D eigenvalue weighted by Crippen LogP contribution is -1.87. The van der Waals surface area contributed by atoms with Crippen molar-refractivity contribution in [1.82, 2.24) is 9.97 Å². The van der Waals surface area contributed by atoms with Crippen LogP contribution in [0, 0.1) is 6.92 Å². The molecule has 66 valence electrons. The maximum Gasteiger partial charge on any atom is 0.0972 e. The number of hydrogen-bond acceptors (Lipinski definition) is 3. The topological polar surface area (TPSA) is 25.8 Å². The van der Waals surface area contributed by atoms with Gasteiger partial charge in [-0.15, -0.1) is 11.3 Å². The summed E-state index contributed by atoms with van der Waals surface area (Å²) in [5.41, 5.74) is 2.32. The van der Waals surface area contributed by atoms with Crippen LogP contribution in [0.2, 0.25) is 0 Å². The zero-order valence-corrected chi connectivity index (χ0v) is 8.21. The summed E-state index contributed by atoms with van der Waals surface area (Å²) >= 11 is 1.71. The molecule has 0 spiro atoms. The van der Waals surface area contributed by atoms with Gasteiger partial charge in [-0.25, -0.2) is 4.98 Å². The molecule has 2 rings (SSSR count). The molecule has 0 aromatic carbocycles. The van der Waals surface area contributed by atoms with Gasteiger partial charge in [-0.1, -0.05) is 6.07 Å². The smallest absolute Gasteiger partial charge is 0.0972 e. The van der Waals surface area contributed by atoms with Crippen LogP contribution in [0.15, 0.2) is 29.9 Å². The van der Waals surface area contributed by atoms with Gasteiger partial charge in [0.05, 0.1) is 5.01 Å². The van der Waals surface area contributed by atoms with E-state index in [1.54, 1.807) is 17.5 Å². The summed E-state index contributed by atoms with van der Waals surface area (Å²) in [6, 6.07) is 4.03. The van der Waals surface area contributed by atoms with E-state index in [-0.39, 0.29) is 0 Å². The van der Waals surface area contributed by atoms with E-state index in [0.29, 0.717) is 0 Å². The monoisotopic (exact) mass is 190 g/mol. The van der Waals surface area contributed by atoms with Crippen LogP contribution in [0.4, 0.5) is 0 Å². The van der Waals surface area contributed by atoms with Crippen molar-refractivity contribution in [3.05, 3.63) is 46.2 Å². The fourth-order valence-electron chi connectivity index (χ4n) is 1.16. The molecule has 2 aromatic rings. The molecule has 0 aliphatic heterocycles. The number of nitrogens with zero attached hydrogens (tertiary/aromatic N) is 2. The standard InChI is InChI=1S/C10H10N2S/c1-8-7-13-10(12-8)5-9-3-2-4-11-6-9/h2-4,6-7H,5H2,1H3. The van der Waals surface area contributed by atoms with Crippen molar-refractivity contribution in [3.63, 3.8) is 0 Å². The summed E-state index contributed by atoms with van der Waals surface area (Å²) in [5, 5.41) is 3.23.